The number of rotatable bonds is 3. The summed E-state index contributed by atoms with van der Waals surface area (Å²) in [5, 5.41) is 8.69. The number of carbonyl (C=O) groups is 1. The quantitative estimate of drug-likeness (QED) is 0.598. The molecule has 1 aliphatic heterocycles. The van der Waals surface area contributed by atoms with Gasteiger partial charge in [-0.3, -0.25) is 4.79 Å². The Morgan fingerprint density at radius 3 is 2.42 bits per heavy atom. The van der Waals surface area contributed by atoms with Crippen molar-refractivity contribution in [3.8, 4) is 0 Å². The van der Waals surface area contributed by atoms with E-state index in [1.165, 1.54) is 0 Å². The minimum atomic E-state index is -1.52. The van der Waals surface area contributed by atoms with Gasteiger partial charge in [0.2, 0.25) is 0 Å². The van der Waals surface area contributed by atoms with Gasteiger partial charge in [-0.2, -0.15) is 0 Å². The number of halogens is 3. The summed E-state index contributed by atoms with van der Waals surface area (Å²) in [6, 6.07) is 0. The van der Waals surface area contributed by atoms with Crippen LogP contribution in [0.1, 0.15) is 6.42 Å². The van der Waals surface area contributed by atoms with Crippen LogP contribution in [-0.2, 0) is 9.53 Å². The Hall–Kier alpha value is 0.300. The molecule has 0 aliphatic carbocycles. The highest BCUT2D eigenvalue weighted by atomic mass is 35.6. The van der Waals surface area contributed by atoms with Crippen LogP contribution in [0.15, 0.2) is 0 Å². The molecule has 1 fully saturated rings. The van der Waals surface area contributed by atoms with E-state index in [1.54, 1.807) is 0 Å². The molecular weight excluding hydrogens is 226 g/mol. The van der Waals surface area contributed by atoms with Crippen LogP contribution in [0.3, 0.4) is 0 Å². The number of carboxylic acid groups (broad SMARTS) is 1. The number of hydrogen-bond acceptors (Lipinski definition) is 2. The second-order valence-electron chi connectivity index (χ2n) is 2.64. The van der Waals surface area contributed by atoms with Crippen molar-refractivity contribution in [3.05, 3.63) is 0 Å². The highest BCUT2D eigenvalue weighted by molar-refractivity contribution is 6.67. The zero-order chi connectivity index (χ0) is 9.35. The Labute approximate surface area is 84.5 Å². The standard InChI is InChI=1S/C6H7Cl3O3/c7-6(8,9)1-3(5(10)11)4-2-12-4/h3-4H,1-2H2,(H,10,11)/t3-,4-/m1/s1. The van der Waals surface area contributed by atoms with Crippen molar-refractivity contribution < 1.29 is 14.6 Å². The maximum Gasteiger partial charge on any atom is 0.309 e. The predicted octanol–water partition coefficient (Wildman–Crippen LogP) is 1.85. The molecule has 12 heavy (non-hydrogen) atoms. The first-order valence-corrected chi connectivity index (χ1v) is 4.45. The van der Waals surface area contributed by atoms with Gasteiger partial charge in [0.1, 0.15) is 0 Å². The molecule has 1 saturated heterocycles. The molecule has 0 bridgehead atoms. The van der Waals surface area contributed by atoms with E-state index in [4.69, 9.17) is 44.6 Å². The molecule has 0 aromatic rings. The monoisotopic (exact) mass is 232 g/mol. The maximum atomic E-state index is 10.6. The molecule has 2 atom stereocenters. The third kappa shape index (κ3) is 3.35. The molecule has 0 amide bonds. The summed E-state index contributed by atoms with van der Waals surface area (Å²) < 4.78 is 3.30. The van der Waals surface area contributed by atoms with Gasteiger partial charge in [0.15, 0.2) is 3.79 Å². The summed E-state index contributed by atoms with van der Waals surface area (Å²) in [4.78, 5) is 10.6. The molecule has 0 spiro atoms. The van der Waals surface area contributed by atoms with E-state index in [9.17, 15) is 4.79 Å². The molecule has 0 aromatic carbocycles. The molecule has 0 aromatic heterocycles. The summed E-state index contributed by atoms with van der Waals surface area (Å²) in [6.45, 7) is 0.442. The summed E-state index contributed by atoms with van der Waals surface area (Å²) >= 11 is 16.4. The molecular formula is C6H7Cl3O3. The van der Waals surface area contributed by atoms with E-state index >= 15 is 0 Å². The average Bonchev–Trinajstić information content (AvgIpc) is 2.61. The number of hydrogen-bond donors (Lipinski definition) is 1. The smallest absolute Gasteiger partial charge is 0.309 e. The summed E-state index contributed by atoms with van der Waals surface area (Å²) in [7, 11) is 0. The average molecular weight is 233 g/mol. The highest BCUT2D eigenvalue weighted by Gasteiger charge is 2.42. The van der Waals surface area contributed by atoms with E-state index < -0.39 is 15.7 Å². The lowest BCUT2D eigenvalue weighted by Crippen LogP contribution is -2.25. The van der Waals surface area contributed by atoms with Crippen LogP contribution in [0.4, 0.5) is 0 Å². The lowest BCUT2D eigenvalue weighted by molar-refractivity contribution is -0.142. The van der Waals surface area contributed by atoms with E-state index in [1.807, 2.05) is 0 Å². The Kier molecular flexibility index (Phi) is 3.10. The second kappa shape index (κ2) is 3.58. The van der Waals surface area contributed by atoms with Crippen molar-refractivity contribution in [2.75, 3.05) is 6.61 Å². The van der Waals surface area contributed by atoms with E-state index in [-0.39, 0.29) is 12.5 Å². The van der Waals surface area contributed by atoms with Crippen molar-refractivity contribution >= 4 is 40.8 Å². The van der Waals surface area contributed by atoms with Gasteiger partial charge in [-0.25, -0.2) is 0 Å². The Morgan fingerprint density at radius 2 is 2.17 bits per heavy atom. The zero-order valence-electron chi connectivity index (χ0n) is 5.97. The molecule has 0 saturated carbocycles. The van der Waals surface area contributed by atoms with Crippen LogP contribution in [0.25, 0.3) is 0 Å². The van der Waals surface area contributed by atoms with Crippen molar-refractivity contribution in [2.24, 2.45) is 5.92 Å². The molecule has 0 radical (unpaired) electrons. The van der Waals surface area contributed by atoms with E-state index in [2.05, 4.69) is 0 Å². The lowest BCUT2D eigenvalue weighted by Gasteiger charge is -2.15. The second-order valence-corrected chi connectivity index (χ2v) is 5.15. The molecule has 1 N–H and O–H groups in total. The predicted molar refractivity (Wildman–Crippen MR) is 45.8 cm³/mol. The molecule has 70 valence electrons. The molecule has 1 rings (SSSR count). The minimum Gasteiger partial charge on any atom is -0.481 e. The van der Waals surface area contributed by atoms with Gasteiger partial charge in [-0.05, 0) is 0 Å². The minimum absolute atomic E-state index is 0.0162. The van der Waals surface area contributed by atoms with Gasteiger partial charge in [0.05, 0.1) is 18.6 Å². The van der Waals surface area contributed by atoms with Gasteiger partial charge >= 0.3 is 5.97 Å². The van der Waals surface area contributed by atoms with Crippen molar-refractivity contribution in [3.63, 3.8) is 0 Å². The normalized spacial score (nSPS) is 25.1. The molecule has 0 unspecified atom stereocenters. The third-order valence-corrected chi connectivity index (χ3v) is 2.04. The highest BCUT2D eigenvalue weighted by Crippen LogP contribution is 2.37. The molecule has 1 aliphatic rings. The lowest BCUT2D eigenvalue weighted by atomic mass is 10.0. The van der Waals surface area contributed by atoms with Crippen molar-refractivity contribution in [2.45, 2.75) is 16.3 Å². The van der Waals surface area contributed by atoms with Crippen LogP contribution in [0.5, 0.6) is 0 Å². The first-order chi connectivity index (χ1) is 5.40. The SMILES string of the molecule is O=C(O)[C@H](CC(Cl)(Cl)Cl)[C@H]1CO1. The van der Waals surface area contributed by atoms with Gasteiger partial charge < -0.3 is 9.84 Å². The van der Waals surface area contributed by atoms with E-state index in [0.29, 0.717) is 6.61 Å². The Morgan fingerprint density at radius 1 is 1.67 bits per heavy atom. The maximum absolute atomic E-state index is 10.6. The number of alkyl halides is 3. The fourth-order valence-electron chi connectivity index (χ4n) is 0.915. The summed E-state index contributed by atoms with van der Waals surface area (Å²) in [5.41, 5.74) is 0. The first kappa shape index (κ1) is 10.4. The Balaban J connectivity index is 2.49. The van der Waals surface area contributed by atoms with E-state index in [0.717, 1.165) is 0 Å². The van der Waals surface area contributed by atoms with Crippen LogP contribution in [0.2, 0.25) is 0 Å². The van der Waals surface area contributed by atoms with Crippen molar-refractivity contribution in [1.29, 1.82) is 0 Å². The van der Waals surface area contributed by atoms with Crippen LogP contribution >= 0.6 is 34.8 Å². The summed E-state index contributed by atoms with van der Waals surface area (Å²) in [5.74, 6) is -1.69. The third-order valence-electron chi connectivity index (χ3n) is 1.58. The first-order valence-electron chi connectivity index (χ1n) is 3.31. The van der Waals surface area contributed by atoms with Crippen LogP contribution in [0, 0.1) is 5.92 Å². The number of aliphatic carboxylic acids is 1. The van der Waals surface area contributed by atoms with Crippen LogP contribution in [-0.4, -0.2) is 27.6 Å². The largest absolute Gasteiger partial charge is 0.481 e. The summed E-state index contributed by atoms with van der Waals surface area (Å²) in [6.07, 6.45) is -0.296. The molecule has 1 heterocycles. The fraction of sp³-hybridized carbons (Fsp3) is 0.833. The van der Waals surface area contributed by atoms with Crippen molar-refractivity contribution in [1.82, 2.24) is 0 Å². The van der Waals surface area contributed by atoms with Gasteiger partial charge in [-0.15, -0.1) is 0 Å². The van der Waals surface area contributed by atoms with Crippen LogP contribution < -0.4 is 0 Å². The zero-order valence-corrected chi connectivity index (χ0v) is 8.23. The molecule has 3 nitrogen and oxygen atoms in total. The fourth-order valence-corrected chi connectivity index (χ4v) is 1.41. The molecule has 6 heteroatoms. The number of epoxide rings is 1. The Bertz CT molecular complexity index is 185. The van der Waals surface area contributed by atoms with Gasteiger partial charge in [-0.1, -0.05) is 34.8 Å². The number of carboxylic acids is 1. The van der Waals surface area contributed by atoms with Gasteiger partial charge in [0, 0.05) is 6.42 Å². The number of ether oxygens (including phenoxy) is 1. The topological polar surface area (TPSA) is 49.8 Å². The van der Waals surface area contributed by atoms with Gasteiger partial charge in [0.25, 0.3) is 0 Å².